The Bertz CT molecular complexity index is 681. The zero-order chi connectivity index (χ0) is 18.1. The van der Waals surface area contributed by atoms with Crippen LogP contribution >= 0.6 is 0 Å². The van der Waals surface area contributed by atoms with Crippen LogP contribution in [0.4, 0.5) is 16.2 Å². The minimum absolute atomic E-state index is 0.126. The predicted molar refractivity (Wildman–Crippen MR) is 91.2 cm³/mol. The molecule has 1 atom stereocenters. The first-order valence-corrected chi connectivity index (χ1v) is 7.83. The molecule has 0 bridgehead atoms. The maximum absolute atomic E-state index is 12.7. The summed E-state index contributed by atoms with van der Waals surface area (Å²) < 4.78 is 4.84. The van der Waals surface area contributed by atoms with Crippen molar-refractivity contribution in [2.75, 3.05) is 18.5 Å². The number of carbonyl (C=O) groups is 3. The Labute approximate surface area is 141 Å². The molecule has 0 saturated heterocycles. The third-order valence-corrected chi connectivity index (χ3v) is 3.80. The van der Waals surface area contributed by atoms with Crippen LogP contribution in [0.3, 0.4) is 0 Å². The van der Waals surface area contributed by atoms with E-state index < -0.39 is 16.3 Å². The summed E-state index contributed by atoms with van der Waals surface area (Å²) in [6.07, 6.45) is -0.565. The van der Waals surface area contributed by atoms with Gasteiger partial charge in [-0.3, -0.25) is 4.79 Å². The molecule has 0 saturated carbocycles. The van der Waals surface area contributed by atoms with Crippen molar-refractivity contribution in [3.05, 3.63) is 24.3 Å². The van der Waals surface area contributed by atoms with Crippen LogP contribution in [0.15, 0.2) is 24.3 Å². The zero-order valence-electron chi connectivity index (χ0n) is 14.8. The second kappa shape index (κ2) is 6.24. The van der Waals surface area contributed by atoms with Gasteiger partial charge in [0, 0.05) is 19.5 Å². The summed E-state index contributed by atoms with van der Waals surface area (Å²) in [6, 6.07) is 7.06. The van der Waals surface area contributed by atoms with Gasteiger partial charge in [0.1, 0.15) is 18.3 Å². The number of benzene rings is 1. The van der Waals surface area contributed by atoms with Crippen LogP contribution in [0.5, 0.6) is 0 Å². The van der Waals surface area contributed by atoms with Crippen molar-refractivity contribution in [2.24, 2.45) is 0 Å². The van der Waals surface area contributed by atoms with Crippen molar-refractivity contribution in [1.29, 1.82) is 0 Å². The van der Waals surface area contributed by atoms with Crippen molar-refractivity contribution >= 4 is 29.3 Å². The van der Waals surface area contributed by atoms with E-state index in [2.05, 4.69) is 5.43 Å². The molecule has 0 radical (unpaired) electrons. The Hall–Kier alpha value is -2.41. The van der Waals surface area contributed by atoms with E-state index in [1.54, 1.807) is 57.0 Å². The molecule has 7 heteroatoms. The van der Waals surface area contributed by atoms with Gasteiger partial charge in [0.15, 0.2) is 5.69 Å². The third-order valence-electron chi connectivity index (χ3n) is 3.80. The first-order valence-electron chi connectivity index (χ1n) is 7.83. The van der Waals surface area contributed by atoms with Crippen molar-refractivity contribution in [2.45, 2.75) is 39.7 Å². The number of para-hydroxylation sites is 2. The standard InChI is InChI=1S/C17H23N3O4/c1-12(21)19-11-10-15(22)20(5,14-9-7-6-8-13(14)19)18-16(23)24-17(2,3)4/h6-9H,10-11H2,1-5H3/p+1/t20-/m0/s1. The van der Waals surface area contributed by atoms with Crippen molar-refractivity contribution < 1.29 is 19.1 Å². The Kier molecular flexibility index (Phi) is 4.66. The highest BCUT2D eigenvalue weighted by atomic mass is 16.6. The summed E-state index contributed by atoms with van der Waals surface area (Å²) in [7, 11) is 1.59. The molecule has 1 aromatic rings. The minimum atomic E-state index is -0.690. The molecule has 1 heterocycles. The van der Waals surface area contributed by atoms with E-state index in [0.29, 0.717) is 11.4 Å². The lowest BCUT2D eigenvalue weighted by atomic mass is 10.2. The van der Waals surface area contributed by atoms with E-state index in [0.717, 1.165) is 0 Å². The molecule has 1 aliphatic heterocycles. The molecular formula is C17H24N3O4+. The van der Waals surface area contributed by atoms with Crippen LogP contribution in [-0.2, 0) is 14.3 Å². The van der Waals surface area contributed by atoms with Crippen LogP contribution in [0, 0.1) is 0 Å². The Balaban J connectivity index is 2.46. The number of rotatable bonds is 1. The predicted octanol–water partition coefficient (Wildman–Crippen LogP) is 2.35. The molecule has 0 unspecified atom stereocenters. The van der Waals surface area contributed by atoms with Gasteiger partial charge in [0.25, 0.3) is 0 Å². The molecule has 1 aliphatic rings. The highest BCUT2D eigenvalue weighted by Gasteiger charge is 2.43. The summed E-state index contributed by atoms with van der Waals surface area (Å²) in [6.45, 7) is 6.99. The van der Waals surface area contributed by atoms with Crippen molar-refractivity contribution in [3.63, 3.8) is 0 Å². The molecule has 0 aromatic heterocycles. The van der Waals surface area contributed by atoms with E-state index in [1.165, 1.54) is 6.92 Å². The highest BCUT2D eigenvalue weighted by molar-refractivity contribution is 6.02. The number of hydrogen-bond donors (Lipinski definition) is 1. The number of amides is 3. The molecular weight excluding hydrogens is 310 g/mol. The van der Waals surface area contributed by atoms with Crippen LogP contribution in [-0.4, -0.2) is 37.1 Å². The number of quaternary nitrogens is 1. The lowest BCUT2D eigenvalue weighted by Crippen LogP contribution is -2.63. The topological polar surface area (TPSA) is 75.7 Å². The van der Waals surface area contributed by atoms with E-state index in [9.17, 15) is 14.4 Å². The molecule has 0 spiro atoms. The van der Waals surface area contributed by atoms with Crippen molar-refractivity contribution in [3.8, 4) is 0 Å². The summed E-state index contributed by atoms with van der Waals surface area (Å²) >= 11 is 0. The number of fused-ring (bicyclic) bond motifs is 1. The second-order valence-electron chi connectivity index (χ2n) is 6.92. The molecule has 1 aromatic carbocycles. The summed E-state index contributed by atoms with van der Waals surface area (Å²) in [5.41, 5.74) is 3.10. The lowest BCUT2D eigenvalue weighted by Gasteiger charge is -2.31. The highest BCUT2D eigenvalue weighted by Crippen LogP contribution is 2.35. The van der Waals surface area contributed by atoms with Crippen LogP contribution in [0.25, 0.3) is 0 Å². The summed E-state index contributed by atoms with van der Waals surface area (Å²) in [5, 5.41) is 0. The van der Waals surface area contributed by atoms with Gasteiger partial charge >= 0.3 is 12.0 Å². The average molecular weight is 334 g/mol. The average Bonchev–Trinajstić information content (AvgIpc) is 2.54. The van der Waals surface area contributed by atoms with Gasteiger partial charge in [0.05, 0.1) is 6.42 Å². The second-order valence-corrected chi connectivity index (χ2v) is 6.92. The van der Waals surface area contributed by atoms with Crippen molar-refractivity contribution in [1.82, 2.24) is 10.0 Å². The number of hydrogen-bond acceptors (Lipinski definition) is 4. The van der Waals surface area contributed by atoms with Gasteiger partial charge in [-0.1, -0.05) is 12.1 Å². The Morgan fingerprint density at radius 1 is 1.25 bits per heavy atom. The van der Waals surface area contributed by atoms with E-state index in [4.69, 9.17) is 4.74 Å². The van der Waals surface area contributed by atoms with Crippen LogP contribution in [0.1, 0.15) is 34.1 Å². The quantitative estimate of drug-likeness (QED) is 0.800. The van der Waals surface area contributed by atoms with E-state index in [1.807, 2.05) is 0 Å². The molecule has 130 valence electrons. The van der Waals surface area contributed by atoms with Crippen LogP contribution < -0.4 is 14.9 Å². The van der Waals surface area contributed by atoms with E-state index >= 15 is 0 Å². The molecule has 1 N–H and O–H groups in total. The normalized spacial score (nSPS) is 20.9. The summed E-state index contributed by atoms with van der Waals surface area (Å²) in [4.78, 5) is 38.5. The fourth-order valence-electron chi connectivity index (χ4n) is 2.69. The number of anilines is 1. The third kappa shape index (κ3) is 3.56. The fourth-order valence-corrected chi connectivity index (χ4v) is 2.69. The van der Waals surface area contributed by atoms with Gasteiger partial charge < -0.3 is 9.64 Å². The van der Waals surface area contributed by atoms with Gasteiger partial charge in [-0.05, 0) is 26.8 Å². The lowest BCUT2D eigenvalue weighted by molar-refractivity contribution is -0.131. The van der Waals surface area contributed by atoms with Gasteiger partial charge in [0.2, 0.25) is 5.91 Å². The molecule has 3 amide bonds. The van der Waals surface area contributed by atoms with E-state index in [-0.39, 0.29) is 24.8 Å². The SMILES string of the molecule is CC(=O)N1CCC(=O)[N@@+](C)(NC(=O)OC(C)(C)C)c2ccccc21. The van der Waals surface area contributed by atoms with Gasteiger partial charge in [-0.15, -0.1) is 4.59 Å². The minimum Gasteiger partial charge on any atom is -0.441 e. The fraction of sp³-hybridized carbons (Fsp3) is 0.471. The number of nitrogens with zero attached hydrogens (tertiary/aromatic N) is 2. The maximum Gasteiger partial charge on any atom is 0.453 e. The Morgan fingerprint density at radius 3 is 2.46 bits per heavy atom. The zero-order valence-corrected chi connectivity index (χ0v) is 14.8. The van der Waals surface area contributed by atoms with Crippen LogP contribution in [0.2, 0.25) is 0 Å². The Morgan fingerprint density at radius 2 is 1.88 bits per heavy atom. The first-order chi connectivity index (χ1) is 11.0. The molecule has 2 rings (SSSR count). The van der Waals surface area contributed by atoms with Gasteiger partial charge in [-0.2, -0.15) is 5.43 Å². The number of ether oxygens (including phenoxy) is 1. The molecule has 0 fully saturated rings. The smallest absolute Gasteiger partial charge is 0.441 e. The monoisotopic (exact) mass is 334 g/mol. The molecule has 7 nitrogen and oxygen atoms in total. The largest absolute Gasteiger partial charge is 0.453 e. The molecule has 24 heavy (non-hydrogen) atoms. The maximum atomic E-state index is 12.7. The van der Waals surface area contributed by atoms with Gasteiger partial charge in [-0.25, -0.2) is 9.59 Å². The number of carbonyl (C=O) groups excluding carboxylic acids is 3. The summed E-state index contributed by atoms with van der Waals surface area (Å²) in [5.74, 6) is -0.377. The number of nitrogens with one attached hydrogen (secondary N) is 1. The molecule has 0 aliphatic carbocycles. The first kappa shape index (κ1) is 17.9.